The number of carbonyl (C=O) groups excluding carboxylic acids is 2. The summed E-state index contributed by atoms with van der Waals surface area (Å²) in [5.74, 6) is 0.0827. The fourth-order valence-electron chi connectivity index (χ4n) is 1.17. The van der Waals surface area contributed by atoms with E-state index in [1.807, 2.05) is 0 Å². The quantitative estimate of drug-likeness (QED) is 0.746. The molecule has 0 atom stereocenters. The van der Waals surface area contributed by atoms with Crippen LogP contribution in [0.3, 0.4) is 0 Å². The standard InChI is InChI=1S/C10H14N2O3S/c1-4-15-10(14)9-5-8(11-12(9)3)6-16-7(2)13/h5H,4,6H2,1-3H3. The molecule has 0 aliphatic rings. The van der Waals surface area contributed by atoms with Gasteiger partial charge in [0.2, 0.25) is 0 Å². The van der Waals surface area contributed by atoms with E-state index >= 15 is 0 Å². The minimum absolute atomic E-state index is 0.0309. The summed E-state index contributed by atoms with van der Waals surface area (Å²) in [6.45, 7) is 3.59. The van der Waals surface area contributed by atoms with E-state index in [2.05, 4.69) is 5.10 Å². The normalized spacial score (nSPS) is 10.2. The maximum absolute atomic E-state index is 11.5. The first-order valence-corrected chi connectivity index (χ1v) is 5.86. The molecule has 0 aromatic carbocycles. The Bertz CT molecular complexity index is 401. The highest BCUT2D eigenvalue weighted by Gasteiger charge is 2.14. The maximum atomic E-state index is 11.5. The molecule has 16 heavy (non-hydrogen) atoms. The van der Waals surface area contributed by atoms with Gasteiger partial charge in [0, 0.05) is 19.7 Å². The molecule has 0 radical (unpaired) electrons. The van der Waals surface area contributed by atoms with Gasteiger partial charge in [-0.05, 0) is 13.0 Å². The molecule has 0 amide bonds. The van der Waals surface area contributed by atoms with Gasteiger partial charge in [0.05, 0.1) is 12.3 Å². The number of nitrogens with zero attached hydrogens (tertiary/aromatic N) is 2. The summed E-state index contributed by atoms with van der Waals surface area (Å²) in [6, 6.07) is 1.65. The van der Waals surface area contributed by atoms with Gasteiger partial charge in [0.15, 0.2) is 5.12 Å². The van der Waals surface area contributed by atoms with E-state index in [0.717, 1.165) is 11.8 Å². The lowest BCUT2D eigenvalue weighted by atomic mass is 10.4. The molecule has 0 saturated heterocycles. The molecule has 0 spiro atoms. The largest absolute Gasteiger partial charge is 0.461 e. The first kappa shape index (κ1) is 12.8. The van der Waals surface area contributed by atoms with Crippen LogP contribution in [-0.4, -0.2) is 27.5 Å². The molecule has 5 nitrogen and oxygen atoms in total. The Hall–Kier alpha value is -1.30. The molecule has 0 saturated carbocycles. The van der Waals surface area contributed by atoms with Crippen molar-refractivity contribution >= 4 is 22.8 Å². The molecule has 6 heteroatoms. The SMILES string of the molecule is CCOC(=O)c1cc(CSC(C)=O)nn1C. The van der Waals surface area contributed by atoms with Crippen LogP contribution in [0.15, 0.2) is 6.07 Å². The van der Waals surface area contributed by atoms with Crippen LogP contribution < -0.4 is 0 Å². The van der Waals surface area contributed by atoms with Gasteiger partial charge in [-0.3, -0.25) is 9.48 Å². The van der Waals surface area contributed by atoms with Gasteiger partial charge in [0.1, 0.15) is 5.69 Å². The van der Waals surface area contributed by atoms with Crippen LogP contribution in [0.4, 0.5) is 0 Å². The van der Waals surface area contributed by atoms with Crippen LogP contribution >= 0.6 is 11.8 Å². The second-order valence-electron chi connectivity index (χ2n) is 3.15. The van der Waals surface area contributed by atoms with E-state index in [-0.39, 0.29) is 5.12 Å². The minimum Gasteiger partial charge on any atom is -0.461 e. The number of aryl methyl sites for hydroxylation is 1. The van der Waals surface area contributed by atoms with Crippen molar-refractivity contribution in [3.8, 4) is 0 Å². The third kappa shape index (κ3) is 3.37. The maximum Gasteiger partial charge on any atom is 0.356 e. The Morgan fingerprint density at radius 3 is 2.81 bits per heavy atom. The Kier molecular flexibility index (Phi) is 4.54. The van der Waals surface area contributed by atoms with E-state index in [0.29, 0.717) is 23.7 Å². The van der Waals surface area contributed by atoms with Gasteiger partial charge < -0.3 is 4.74 Å². The van der Waals surface area contributed by atoms with Crippen molar-refractivity contribution in [3.05, 3.63) is 17.5 Å². The average molecular weight is 242 g/mol. The zero-order valence-electron chi connectivity index (χ0n) is 9.52. The third-order valence-corrected chi connectivity index (χ3v) is 2.68. The van der Waals surface area contributed by atoms with Crippen molar-refractivity contribution in [1.29, 1.82) is 0 Å². The van der Waals surface area contributed by atoms with E-state index in [4.69, 9.17) is 4.74 Å². The predicted octanol–water partition coefficient (Wildman–Crippen LogP) is 1.38. The molecule has 0 unspecified atom stereocenters. The number of hydrogen-bond acceptors (Lipinski definition) is 5. The monoisotopic (exact) mass is 242 g/mol. The molecule has 1 rings (SSSR count). The summed E-state index contributed by atoms with van der Waals surface area (Å²) in [4.78, 5) is 22.2. The number of thioether (sulfide) groups is 1. The third-order valence-electron chi connectivity index (χ3n) is 1.84. The molecule has 1 heterocycles. The molecule has 0 aliphatic heterocycles. The number of carbonyl (C=O) groups is 2. The highest BCUT2D eigenvalue weighted by molar-refractivity contribution is 8.12. The predicted molar refractivity (Wildman–Crippen MR) is 61.1 cm³/mol. The van der Waals surface area contributed by atoms with Crippen LogP contribution in [0.1, 0.15) is 30.0 Å². The summed E-state index contributed by atoms with van der Waals surface area (Å²) in [5.41, 5.74) is 1.10. The Balaban J connectivity index is 2.73. The molecule has 1 aromatic heterocycles. The van der Waals surface area contributed by atoms with Gasteiger partial charge in [-0.25, -0.2) is 4.79 Å². The lowest BCUT2D eigenvalue weighted by molar-refractivity contribution is -0.109. The van der Waals surface area contributed by atoms with E-state index in [1.165, 1.54) is 11.6 Å². The summed E-state index contributed by atoms with van der Waals surface area (Å²) in [7, 11) is 1.67. The zero-order valence-corrected chi connectivity index (χ0v) is 10.3. The molecule has 0 fully saturated rings. The van der Waals surface area contributed by atoms with Crippen LogP contribution in [0, 0.1) is 0 Å². The van der Waals surface area contributed by atoms with Crippen molar-refractivity contribution in [2.45, 2.75) is 19.6 Å². The first-order chi connectivity index (χ1) is 7.54. The number of rotatable bonds is 4. The summed E-state index contributed by atoms with van der Waals surface area (Å²) in [6.07, 6.45) is 0. The van der Waals surface area contributed by atoms with E-state index in [1.54, 1.807) is 20.0 Å². The molecule has 0 N–H and O–H groups in total. The van der Waals surface area contributed by atoms with Gasteiger partial charge in [-0.2, -0.15) is 5.10 Å². The lowest BCUT2D eigenvalue weighted by Crippen LogP contribution is -2.10. The lowest BCUT2D eigenvalue weighted by Gasteiger charge is -1.99. The molecule has 0 aliphatic carbocycles. The van der Waals surface area contributed by atoms with Crippen molar-refractivity contribution in [2.75, 3.05) is 6.61 Å². The number of esters is 1. The molecule has 0 bridgehead atoms. The number of hydrogen-bond donors (Lipinski definition) is 0. The topological polar surface area (TPSA) is 61.2 Å². The summed E-state index contributed by atoms with van der Waals surface area (Å²) < 4.78 is 6.34. The molecular formula is C10H14N2O3S. The highest BCUT2D eigenvalue weighted by atomic mass is 32.2. The minimum atomic E-state index is -0.392. The summed E-state index contributed by atoms with van der Waals surface area (Å²) in [5, 5.41) is 4.16. The van der Waals surface area contributed by atoms with Gasteiger partial charge in [-0.1, -0.05) is 11.8 Å². The van der Waals surface area contributed by atoms with Crippen LogP contribution in [0.25, 0.3) is 0 Å². The van der Waals surface area contributed by atoms with E-state index in [9.17, 15) is 9.59 Å². The van der Waals surface area contributed by atoms with Crippen LogP contribution in [0.2, 0.25) is 0 Å². The van der Waals surface area contributed by atoms with Crippen molar-refractivity contribution in [3.63, 3.8) is 0 Å². The van der Waals surface area contributed by atoms with Gasteiger partial charge >= 0.3 is 5.97 Å². The smallest absolute Gasteiger partial charge is 0.356 e. The Morgan fingerprint density at radius 2 is 2.25 bits per heavy atom. The van der Waals surface area contributed by atoms with Gasteiger partial charge in [-0.15, -0.1) is 0 Å². The second kappa shape index (κ2) is 5.69. The highest BCUT2D eigenvalue weighted by Crippen LogP contribution is 2.13. The fourth-order valence-corrected chi connectivity index (χ4v) is 1.66. The fraction of sp³-hybridized carbons (Fsp3) is 0.500. The number of ether oxygens (including phenoxy) is 1. The van der Waals surface area contributed by atoms with Crippen molar-refractivity contribution < 1.29 is 14.3 Å². The van der Waals surface area contributed by atoms with Gasteiger partial charge in [0.25, 0.3) is 0 Å². The average Bonchev–Trinajstić information content (AvgIpc) is 2.57. The molecule has 88 valence electrons. The van der Waals surface area contributed by atoms with Crippen LogP contribution in [-0.2, 0) is 22.3 Å². The molecule has 1 aromatic rings. The summed E-state index contributed by atoms with van der Waals surface area (Å²) >= 11 is 1.16. The van der Waals surface area contributed by atoms with Crippen molar-refractivity contribution in [2.24, 2.45) is 7.05 Å². The molecular weight excluding hydrogens is 228 g/mol. The van der Waals surface area contributed by atoms with Crippen molar-refractivity contribution in [1.82, 2.24) is 9.78 Å². The zero-order chi connectivity index (χ0) is 12.1. The van der Waals surface area contributed by atoms with E-state index < -0.39 is 5.97 Å². The van der Waals surface area contributed by atoms with Crippen LogP contribution in [0.5, 0.6) is 0 Å². The first-order valence-electron chi connectivity index (χ1n) is 4.88. The second-order valence-corrected chi connectivity index (χ2v) is 4.30. The Labute approximate surface area is 98.2 Å². The Morgan fingerprint density at radius 1 is 1.56 bits per heavy atom. The number of aromatic nitrogens is 2.